The average Bonchev–Trinajstić information content (AvgIpc) is 3.03. The van der Waals surface area contributed by atoms with Crippen molar-refractivity contribution in [3.8, 4) is 5.88 Å². The minimum Gasteiger partial charge on any atom is -0.469 e. The van der Waals surface area contributed by atoms with E-state index < -0.39 is 0 Å². The van der Waals surface area contributed by atoms with Gasteiger partial charge in [-0.25, -0.2) is 9.98 Å². The number of hydrogen-bond acceptors (Lipinski definition) is 4. The Balaban J connectivity index is 2.17. The fraction of sp³-hybridized carbons (Fsp3) is 0.375. The largest absolute Gasteiger partial charge is 0.469 e. The predicted molar refractivity (Wildman–Crippen MR) is 96.5 cm³/mol. The van der Waals surface area contributed by atoms with Gasteiger partial charge in [-0.3, -0.25) is 0 Å². The molecule has 4 nitrogen and oxygen atoms in total. The lowest BCUT2D eigenvalue weighted by Gasteiger charge is -2.15. The second-order valence-electron chi connectivity index (χ2n) is 5.01. The molecule has 2 aromatic rings. The van der Waals surface area contributed by atoms with Crippen molar-refractivity contribution in [1.82, 2.24) is 9.88 Å². The number of hydrogen-bond donors (Lipinski definition) is 0. The highest BCUT2D eigenvalue weighted by atomic mass is 79.9. The van der Waals surface area contributed by atoms with Crippen molar-refractivity contribution in [2.45, 2.75) is 26.9 Å². The zero-order chi connectivity index (χ0) is 16.1. The summed E-state index contributed by atoms with van der Waals surface area (Å²) in [4.78, 5) is 11.0. The van der Waals surface area contributed by atoms with Gasteiger partial charge in [0, 0.05) is 19.2 Å². The van der Waals surface area contributed by atoms with E-state index in [1.807, 2.05) is 43.6 Å². The molecular weight excluding hydrogens is 362 g/mol. The molecule has 0 fully saturated rings. The highest BCUT2D eigenvalue weighted by Crippen LogP contribution is 2.32. The maximum absolute atomic E-state index is 5.96. The van der Waals surface area contributed by atoms with E-state index in [1.165, 1.54) is 0 Å². The Bertz CT molecular complexity index is 643. The number of rotatable bonds is 6. The van der Waals surface area contributed by atoms with Crippen LogP contribution in [-0.2, 0) is 0 Å². The first-order chi connectivity index (χ1) is 10.5. The molecule has 0 saturated heterocycles. The molecule has 1 atom stereocenters. The van der Waals surface area contributed by atoms with E-state index in [4.69, 9.17) is 4.74 Å². The molecule has 0 N–H and O–H groups in total. The maximum Gasteiger partial charge on any atom is 0.228 e. The molecule has 0 aliphatic rings. The van der Waals surface area contributed by atoms with E-state index in [0.717, 1.165) is 28.0 Å². The van der Waals surface area contributed by atoms with Crippen LogP contribution < -0.4 is 4.74 Å². The molecule has 1 unspecified atom stereocenters. The third-order valence-electron chi connectivity index (χ3n) is 3.30. The van der Waals surface area contributed by atoms with Crippen LogP contribution in [0.5, 0.6) is 5.88 Å². The molecule has 0 aliphatic heterocycles. The smallest absolute Gasteiger partial charge is 0.228 e. The van der Waals surface area contributed by atoms with Gasteiger partial charge in [0.15, 0.2) is 0 Å². The monoisotopic (exact) mass is 381 g/mol. The van der Waals surface area contributed by atoms with Crippen LogP contribution in [0.2, 0.25) is 0 Å². The van der Waals surface area contributed by atoms with E-state index in [9.17, 15) is 0 Å². The maximum atomic E-state index is 5.96. The van der Waals surface area contributed by atoms with Crippen LogP contribution in [0, 0.1) is 6.92 Å². The van der Waals surface area contributed by atoms with E-state index in [2.05, 4.69) is 44.3 Å². The summed E-state index contributed by atoms with van der Waals surface area (Å²) in [5.74, 6) is 0.596. The number of aryl methyl sites for hydroxylation is 1. The molecule has 22 heavy (non-hydrogen) atoms. The Labute approximate surface area is 144 Å². The van der Waals surface area contributed by atoms with Gasteiger partial charge in [-0.15, -0.1) is 0 Å². The lowest BCUT2D eigenvalue weighted by molar-refractivity contribution is 0.216. The number of aliphatic imine (C=N–C) groups is 1. The molecule has 118 valence electrons. The van der Waals surface area contributed by atoms with Crippen molar-refractivity contribution in [3.05, 3.63) is 38.6 Å². The predicted octanol–water partition coefficient (Wildman–Crippen LogP) is 4.97. The molecular formula is C16H20BrN3OS. The van der Waals surface area contributed by atoms with Crippen LogP contribution in [0.25, 0.3) is 0 Å². The quantitative estimate of drug-likeness (QED) is 0.523. The minimum atomic E-state index is -0.0324. The molecule has 0 aromatic carbocycles. The van der Waals surface area contributed by atoms with Gasteiger partial charge in [0.25, 0.3) is 0 Å². The Morgan fingerprint density at radius 3 is 2.95 bits per heavy atom. The number of thiophene rings is 1. The van der Waals surface area contributed by atoms with Gasteiger partial charge >= 0.3 is 0 Å². The molecule has 0 bridgehead atoms. The molecule has 2 rings (SSSR count). The van der Waals surface area contributed by atoms with Crippen molar-refractivity contribution in [3.63, 3.8) is 0 Å². The molecule has 0 amide bonds. The summed E-state index contributed by atoms with van der Waals surface area (Å²) in [5.41, 5.74) is 2.84. The van der Waals surface area contributed by atoms with Gasteiger partial charge < -0.3 is 9.64 Å². The SMILES string of the molecule is CCN(C)C=Nc1cc(Br)c(OC(C)c2ccsc2)nc1C. The van der Waals surface area contributed by atoms with Gasteiger partial charge in [0.2, 0.25) is 5.88 Å². The summed E-state index contributed by atoms with van der Waals surface area (Å²) < 4.78 is 6.77. The Morgan fingerprint density at radius 1 is 1.55 bits per heavy atom. The number of aromatic nitrogens is 1. The Kier molecular flexibility index (Phi) is 5.97. The van der Waals surface area contributed by atoms with Crippen molar-refractivity contribution in [1.29, 1.82) is 0 Å². The van der Waals surface area contributed by atoms with Gasteiger partial charge in [0.05, 0.1) is 22.2 Å². The average molecular weight is 382 g/mol. The molecule has 2 heterocycles. The number of nitrogens with zero attached hydrogens (tertiary/aromatic N) is 3. The highest BCUT2D eigenvalue weighted by Gasteiger charge is 2.13. The molecule has 0 aliphatic carbocycles. The third kappa shape index (κ3) is 4.30. The van der Waals surface area contributed by atoms with E-state index >= 15 is 0 Å². The van der Waals surface area contributed by atoms with Gasteiger partial charge in [-0.1, -0.05) is 0 Å². The van der Waals surface area contributed by atoms with E-state index in [-0.39, 0.29) is 6.10 Å². The van der Waals surface area contributed by atoms with Gasteiger partial charge in [-0.2, -0.15) is 11.3 Å². The molecule has 0 radical (unpaired) electrons. The number of halogens is 1. The van der Waals surface area contributed by atoms with Crippen molar-refractivity contribution in [2.75, 3.05) is 13.6 Å². The van der Waals surface area contributed by atoms with E-state index in [1.54, 1.807) is 11.3 Å². The normalized spacial score (nSPS) is 12.6. The van der Waals surface area contributed by atoms with Gasteiger partial charge in [0.1, 0.15) is 6.10 Å². The van der Waals surface area contributed by atoms with Crippen LogP contribution >= 0.6 is 27.3 Å². The van der Waals surface area contributed by atoms with Crippen LogP contribution in [0.4, 0.5) is 5.69 Å². The van der Waals surface area contributed by atoms with Crippen LogP contribution in [0.1, 0.15) is 31.2 Å². The molecule has 0 saturated carbocycles. The summed E-state index contributed by atoms with van der Waals surface area (Å²) in [5, 5.41) is 4.13. The molecule has 6 heteroatoms. The standard InChI is InChI=1S/C16H20BrN3OS/c1-5-20(4)10-18-15-8-14(17)16(19-11(15)2)21-12(3)13-6-7-22-9-13/h6-10,12H,5H2,1-4H3. The number of pyridine rings is 1. The minimum absolute atomic E-state index is 0.0324. The van der Waals surface area contributed by atoms with Crippen LogP contribution in [0.3, 0.4) is 0 Å². The summed E-state index contributed by atoms with van der Waals surface area (Å²) in [6, 6.07) is 4.01. The topological polar surface area (TPSA) is 37.7 Å². The van der Waals surface area contributed by atoms with Crippen LogP contribution in [0.15, 0.2) is 32.4 Å². The second-order valence-corrected chi connectivity index (χ2v) is 6.65. The number of ether oxygens (including phenoxy) is 1. The molecule has 0 spiro atoms. The van der Waals surface area contributed by atoms with Crippen molar-refractivity contribution >= 4 is 39.3 Å². The Morgan fingerprint density at radius 2 is 2.32 bits per heavy atom. The lowest BCUT2D eigenvalue weighted by atomic mass is 10.2. The van der Waals surface area contributed by atoms with Crippen LogP contribution in [-0.4, -0.2) is 29.8 Å². The summed E-state index contributed by atoms with van der Waals surface area (Å²) >= 11 is 5.19. The molecule has 2 aromatic heterocycles. The fourth-order valence-electron chi connectivity index (χ4n) is 1.75. The fourth-order valence-corrected chi connectivity index (χ4v) is 2.89. The highest BCUT2D eigenvalue weighted by molar-refractivity contribution is 9.10. The zero-order valence-electron chi connectivity index (χ0n) is 13.2. The van der Waals surface area contributed by atoms with Gasteiger partial charge in [-0.05, 0) is 59.6 Å². The Hall–Kier alpha value is -1.40. The zero-order valence-corrected chi connectivity index (χ0v) is 15.6. The first-order valence-corrected chi connectivity index (χ1v) is 8.85. The van der Waals surface area contributed by atoms with Crippen molar-refractivity contribution in [2.24, 2.45) is 4.99 Å². The summed E-state index contributed by atoms with van der Waals surface area (Å²) in [6.45, 7) is 6.95. The first-order valence-electron chi connectivity index (χ1n) is 7.11. The summed E-state index contributed by atoms with van der Waals surface area (Å²) in [7, 11) is 1.99. The second kappa shape index (κ2) is 7.74. The third-order valence-corrected chi connectivity index (χ3v) is 4.57. The lowest BCUT2D eigenvalue weighted by Crippen LogP contribution is -2.14. The summed E-state index contributed by atoms with van der Waals surface area (Å²) in [6.07, 6.45) is 1.78. The van der Waals surface area contributed by atoms with E-state index in [0.29, 0.717) is 5.88 Å². The van der Waals surface area contributed by atoms with Crippen molar-refractivity contribution < 1.29 is 4.74 Å². The first kappa shape index (κ1) is 17.0.